The van der Waals surface area contributed by atoms with Crippen molar-refractivity contribution in [2.24, 2.45) is 0 Å². The zero-order chi connectivity index (χ0) is 16.4. The lowest BCUT2D eigenvalue weighted by atomic mass is 10.1. The molecule has 2 aromatic rings. The van der Waals surface area contributed by atoms with Crippen LogP contribution in [0.15, 0.2) is 52.5 Å². The Bertz CT molecular complexity index is 827. The first-order valence-corrected chi connectivity index (χ1v) is 7.88. The summed E-state index contributed by atoms with van der Waals surface area (Å²) >= 11 is 3.40. The van der Waals surface area contributed by atoms with Gasteiger partial charge in [0.2, 0.25) is 0 Å². The second-order valence-electron chi connectivity index (χ2n) is 5.20. The number of halogens is 1. The van der Waals surface area contributed by atoms with Crippen molar-refractivity contribution >= 4 is 39.4 Å². The Hall–Kier alpha value is -2.40. The zero-order valence-corrected chi connectivity index (χ0v) is 14.0. The molecule has 3 rings (SSSR count). The molecule has 0 saturated heterocycles. The second-order valence-corrected chi connectivity index (χ2v) is 6.11. The van der Waals surface area contributed by atoms with E-state index >= 15 is 0 Å². The van der Waals surface area contributed by atoms with Crippen molar-refractivity contribution in [3.63, 3.8) is 0 Å². The van der Waals surface area contributed by atoms with Crippen LogP contribution in [0.4, 0.5) is 5.69 Å². The minimum Gasteiger partial charge on any atom is -0.488 e. The zero-order valence-electron chi connectivity index (χ0n) is 12.4. The van der Waals surface area contributed by atoms with Crippen molar-refractivity contribution in [3.05, 3.63) is 63.6 Å². The minimum absolute atomic E-state index is 0.0935. The molecule has 0 aromatic heterocycles. The van der Waals surface area contributed by atoms with Gasteiger partial charge in [0.05, 0.1) is 11.3 Å². The molecule has 5 heteroatoms. The highest BCUT2D eigenvalue weighted by atomic mass is 79.9. The van der Waals surface area contributed by atoms with Gasteiger partial charge in [0.1, 0.15) is 12.4 Å². The van der Waals surface area contributed by atoms with Gasteiger partial charge in [0.25, 0.3) is 5.91 Å². The molecule has 0 atom stereocenters. The number of rotatable bonds is 3. The summed E-state index contributed by atoms with van der Waals surface area (Å²) in [5.74, 6) is 0.377. The Labute approximate surface area is 142 Å². The molecule has 1 heterocycles. The predicted octanol–water partition coefficient (Wildman–Crippen LogP) is 4.07. The number of para-hydroxylation sites is 1. The molecule has 0 radical (unpaired) electrons. The predicted molar refractivity (Wildman–Crippen MR) is 92.7 cm³/mol. The summed E-state index contributed by atoms with van der Waals surface area (Å²) in [4.78, 5) is 24.1. The van der Waals surface area contributed by atoms with E-state index in [2.05, 4.69) is 21.2 Å². The van der Waals surface area contributed by atoms with Gasteiger partial charge in [0.15, 0.2) is 5.78 Å². The normalized spacial score (nSPS) is 12.7. The van der Waals surface area contributed by atoms with Crippen LogP contribution in [-0.2, 0) is 4.79 Å². The molecule has 23 heavy (non-hydrogen) atoms. The van der Waals surface area contributed by atoms with Crippen molar-refractivity contribution in [2.75, 3.05) is 11.9 Å². The number of carbonyl (C=O) groups excluding carboxylic acids is 2. The van der Waals surface area contributed by atoms with Crippen LogP contribution in [-0.4, -0.2) is 18.3 Å². The number of Topliss-reactive ketones (excluding diaryl/α,β-unsaturated/α-hetero) is 1. The van der Waals surface area contributed by atoms with E-state index in [4.69, 9.17) is 4.74 Å². The van der Waals surface area contributed by atoms with Crippen LogP contribution in [0.2, 0.25) is 0 Å². The number of hydrogen-bond acceptors (Lipinski definition) is 3. The summed E-state index contributed by atoms with van der Waals surface area (Å²) in [6, 6.07) is 12.6. The van der Waals surface area contributed by atoms with Crippen LogP contribution >= 0.6 is 15.9 Å². The molecule has 0 aliphatic carbocycles. The third-order valence-electron chi connectivity index (χ3n) is 3.53. The van der Waals surface area contributed by atoms with Crippen LogP contribution < -0.4 is 10.1 Å². The smallest absolute Gasteiger partial charge is 0.255 e. The van der Waals surface area contributed by atoms with Gasteiger partial charge in [-0.3, -0.25) is 9.59 Å². The largest absolute Gasteiger partial charge is 0.488 e. The Morgan fingerprint density at radius 3 is 2.74 bits per heavy atom. The first kappa shape index (κ1) is 15.5. The molecule has 0 fully saturated rings. The Kier molecular flexibility index (Phi) is 4.30. The summed E-state index contributed by atoms with van der Waals surface area (Å²) in [6.07, 6.45) is 1.80. The van der Waals surface area contributed by atoms with Crippen molar-refractivity contribution < 1.29 is 14.3 Å². The monoisotopic (exact) mass is 371 g/mol. The third-order valence-corrected chi connectivity index (χ3v) is 4.02. The molecule has 1 aliphatic rings. The minimum atomic E-state index is -0.274. The van der Waals surface area contributed by atoms with Crippen LogP contribution in [0.1, 0.15) is 22.8 Å². The van der Waals surface area contributed by atoms with Gasteiger partial charge in [-0.1, -0.05) is 28.1 Å². The molecule has 1 N–H and O–H groups in total. The van der Waals surface area contributed by atoms with E-state index in [0.29, 0.717) is 16.8 Å². The van der Waals surface area contributed by atoms with E-state index < -0.39 is 0 Å². The summed E-state index contributed by atoms with van der Waals surface area (Å²) < 4.78 is 6.53. The van der Waals surface area contributed by atoms with E-state index in [0.717, 1.165) is 15.8 Å². The van der Waals surface area contributed by atoms with E-state index in [1.165, 1.54) is 6.92 Å². The van der Waals surface area contributed by atoms with Gasteiger partial charge in [-0.15, -0.1) is 0 Å². The Balaban J connectivity index is 1.86. The summed E-state index contributed by atoms with van der Waals surface area (Å²) in [5, 5.41) is 2.79. The number of hydrogen-bond donors (Lipinski definition) is 1. The highest BCUT2D eigenvalue weighted by Gasteiger charge is 2.19. The average molecular weight is 372 g/mol. The van der Waals surface area contributed by atoms with Gasteiger partial charge < -0.3 is 10.1 Å². The van der Waals surface area contributed by atoms with E-state index in [1.807, 2.05) is 18.2 Å². The van der Waals surface area contributed by atoms with Crippen LogP contribution in [0.5, 0.6) is 5.75 Å². The highest BCUT2D eigenvalue weighted by molar-refractivity contribution is 9.10. The first-order valence-electron chi connectivity index (χ1n) is 7.09. The maximum Gasteiger partial charge on any atom is 0.255 e. The summed E-state index contributed by atoms with van der Waals surface area (Å²) in [6.45, 7) is 1.67. The van der Waals surface area contributed by atoms with Crippen molar-refractivity contribution in [1.82, 2.24) is 0 Å². The summed E-state index contributed by atoms with van der Waals surface area (Å²) in [5.41, 5.74) is 2.34. The molecule has 1 aliphatic heterocycles. The maximum atomic E-state index is 12.5. The number of amides is 1. The van der Waals surface area contributed by atoms with Crippen LogP contribution in [0.25, 0.3) is 6.08 Å². The third kappa shape index (κ3) is 3.35. The quantitative estimate of drug-likeness (QED) is 0.827. The van der Waals surface area contributed by atoms with Gasteiger partial charge in [0, 0.05) is 15.6 Å². The topological polar surface area (TPSA) is 55.4 Å². The Morgan fingerprint density at radius 1 is 1.17 bits per heavy atom. The summed E-state index contributed by atoms with van der Waals surface area (Å²) in [7, 11) is 0. The second kappa shape index (κ2) is 6.38. The van der Waals surface area contributed by atoms with Crippen LogP contribution in [0, 0.1) is 0 Å². The molecule has 0 spiro atoms. The van der Waals surface area contributed by atoms with E-state index in [1.54, 1.807) is 30.3 Å². The standard InChI is InChI=1S/C18H14BrNO3/c1-11(21)15-4-2-3-5-16(15)20-18(22)13-8-12-9-14(19)6-7-17(12)23-10-13/h2-9H,10H2,1H3,(H,20,22). The lowest BCUT2D eigenvalue weighted by Crippen LogP contribution is -2.22. The fraction of sp³-hybridized carbons (Fsp3) is 0.111. The van der Waals surface area contributed by atoms with Gasteiger partial charge in [-0.05, 0) is 43.3 Å². The highest BCUT2D eigenvalue weighted by Crippen LogP contribution is 2.29. The molecule has 4 nitrogen and oxygen atoms in total. The average Bonchev–Trinajstić information content (AvgIpc) is 2.54. The number of anilines is 1. The fourth-order valence-corrected chi connectivity index (χ4v) is 2.76. The molecular formula is C18H14BrNO3. The van der Waals surface area contributed by atoms with Crippen molar-refractivity contribution in [1.29, 1.82) is 0 Å². The number of benzene rings is 2. The van der Waals surface area contributed by atoms with Gasteiger partial charge in [-0.25, -0.2) is 0 Å². The molecule has 0 saturated carbocycles. The number of fused-ring (bicyclic) bond motifs is 1. The lowest BCUT2D eigenvalue weighted by molar-refractivity contribution is -0.113. The van der Waals surface area contributed by atoms with Gasteiger partial charge >= 0.3 is 0 Å². The first-order chi connectivity index (χ1) is 11.0. The van der Waals surface area contributed by atoms with Crippen molar-refractivity contribution in [2.45, 2.75) is 6.92 Å². The van der Waals surface area contributed by atoms with Crippen LogP contribution in [0.3, 0.4) is 0 Å². The lowest BCUT2D eigenvalue weighted by Gasteiger charge is -2.18. The van der Waals surface area contributed by atoms with E-state index in [9.17, 15) is 9.59 Å². The number of ether oxygens (including phenoxy) is 1. The molecule has 116 valence electrons. The fourth-order valence-electron chi connectivity index (χ4n) is 2.38. The molecule has 0 unspecified atom stereocenters. The number of carbonyl (C=O) groups is 2. The SMILES string of the molecule is CC(=O)c1ccccc1NC(=O)C1=Cc2cc(Br)ccc2OC1. The number of nitrogens with one attached hydrogen (secondary N) is 1. The molecule has 1 amide bonds. The number of ketones is 1. The van der Waals surface area contributed by atoms with E-state index in [-0.39, 0.29) is 18.3 Å². The molecular weight excluding hydrogens is 358 g/mol. The maximum absolute atomic E-state index is 12.5. The molecule has 2 aromatic carbocycles. The van der Waals surface area contributed by atoms with Gasteiger partial charge in [-0.2, -0.15) is 0 Å². The Morgan fingerprint density at radius 2 is 1.96 bits per heavy atom. The molecule has 0 bridgehead atoms. The van der Waals surface area contributed by atoms with Crippen molar-refractivity contribution in [3.8, 4) is 5.75 Å².